The maximum atomic E-state index is 4.97. The maximum absolute atomic E-state index is 4.97. The van der Waals surface area contributed by atoms with Gasteiger partial charge in [-0.2, -0.15) is 0 Å². The van der Waals surface area contributed by atoms with E-state index < -0.39 is 0 Å². The summed E-state index contributed by atoms with van der Waals surface area (Å²) in [5.41, 5.74) is 10.3. The molecule has 0 bridgehead atoms. The summed E-state index contributed by atoms with van der Waals surface area (Å²) in [7, 11) is 0. The van der Waals surface area contributed by atoms with Crippen LogP contribution in [0.1, 0.15) is 60.6 Å². The van der Waals surface area contributed by atoms with Crippen LogP contribution in [0.15, 0.2) is 36.4 Å². The van der Waals surface area contributed by atoms with Gasteiger partial charge in [0.1, 0.15) is 0 Å². The van der Waals surface area contributed by atoms with Crippen molar-refractivity contribution in [3.05, 3.63) is 64.3 Å². The van der Waals surface area contributed by atoms with Gasteiger partial charge in [-0.15, -0.1) is 0 Å². The smallest absolute Gasteiger partial charge is 0.0786 e. The number of aryl methyl sites for hydroxylation is 4. The van der Waals surface area contributed by atoms with E-state index in [2.05, 4.69) is 77.9 Å². The van der Waals surface area contributed by atoms with E-state index in [0.29, 0.717) is 5.92 Å². The van der Waals surface area contributed by atoms with E-state index in [9.17, 15) is 0 Å². The van der Waals surface area contributed by atoms with E-state index in [0.717, 1.165) is 11.2 Å². The Bertz CT molecular complexity index is 894. The van der Waals surface area contributed by atoms with Gasteiger partial charge in [0.2, 0.25) is 0 Å². The number of pyridine rings is 1. The van der Waals surface area contributed by atoms with Gasteiger partial charge in [-0.3, -0.25) is 4.98 Å². The molecule has 0 aliphatic heterocycles. The minimum atomic E-state index is 0.597. The zero-order valence-electron chi connectivity index (χ0n) is 16.4. The molecule has 0 fully saturated rings. The standard InChI is InChI=1S/C24H29N/c1-7-19(8-2)22-14-18(6)25-24-20(22)10-9-11-21(24)23-16(4)12-15(3)13-17(23)5/h9-14,19H,7-8H2,1-6H3. The predicted molar refractivity (Wildman–Crippen MR) is 109 cm³/mol. The number of hydrogen-bond acceptors (Lipinski definition) is 1. The van der Waals surface area contributed by atoms with Gasteiger partial charge in [-0.25, -0.2) is 0 Å². The lowest BCUT2D eigenvalue weighted by atomic mass is 9.87. The van der Waals surface area contributed by atoms with Crippen LogP contribution in [0.3, 0.4) is 0 Å². The number of hydrogen-bond donors (Lipinski definition) is 0. The molecule has 1 aromatic heterocycles. The second-order valence-corrected chi connectivity index (χ2v) is 7.34. The van der Waals surface area contributed by atoms with Crippen molar-refractivity contribution >= 4 is 10.9 Å². The first kappa shape index (κ1) is 17.7. The van der Waals surface area contributed by atoms with Gasteiger partial charge in [-0.1, -0.05) is 49.7 Å². The zero-order chi connectivity index (χ0) is 18.1. The van der Waals surface area contributed by atoms with Gasteiger partial charge < -0.3 is 0 Å². The number of para-hydroxylation sites is 1. The van der Waals surface area contributed by atoms with Gasteiger partial charge in [-0.05, 0) is 74.8 Å². The second-order valence-electron chi connectivity index (χ2n) is 7.34. The molecule has 2 aromatic carbocycles. The molecule has 3 aromatic rings. The fraction of sp³-hybridized carbons (Fsp3) is 0.375. The Labute approximate surface area is 152 Å². The van der Waals surface area contributed by atoms with Gasteiger partial charge in [0.25, 0.3) is 0 Å². The largest absolute Gasteiger partial charge is 0.252 e. The molecule has 0 unspecified atom stereocenters. The second kappa shape index (κ2) is 7.00. The fourth-order valence-electron chi connectivity index (χ4n) is 4.28. The number of benzene rings is 2. The van der Waals surface area contributed by atoms with Gasteiger partial charge >= 0.3 is 0 Å². The molecule has 0 saturated carbocycles. The number of rotatable bonds is 4. The molecule has 0 aliphatic carbocycles. The molecule has 1 heteroatoms. The van der Waals surface area contributed by atoms with Crippen LogP contribution < -0.4 is 0 Å². The van der Waals surface area contributed by atoms with Crippen LogP contribution >= 0.6 is 0 Å². The quantitative estimate of drug-likeness (QED) is 0.499. The van der Waals surface area contributed by atoms with Crippen LogP contribution in [0, 0.1) is 27.7 Å². The molecule has 0 N–H and O–H groups in total. The van der Waals surface area contributed by atoms with E-state index >= 15 is 0 Å². The fourth-order valence-corrected chi connectivity index (χ4v) is 4.28. The first-order valence-electron chi connectivity index (χ1n) is 9.44. The normalized spacial score (nSPS) is 11.5. The summed E-state index contributed by atoms with van der Waals surface area (Å²) < 4.78 is 0. The summed E-state index contributed by atoms with van der Waals surface area (Å²) in [5, 5.41) is 1.32. The third-order valence-corrected chi connectivity index (χ3v) is 5.37. The lowest BCUT2D eigenvalue weighted by Gasteiger charge is -2.19. The summed E-state index contributed by atoms with van der Waals surface area (Å²) in [6.45, 7) is 13.3. The SMILES string of the molecule is CCC(CC)c1cc(C)nc2c(-c3c(C)cc(C)cc3C)cccc12. The Morgan fingerprint density at radius 2 is 1.52 bits per heavy atom. The highest BCUT2D eigenvalue weighted by atomic mass is 14.7. The highest BCUT2D eigenvalue weighted by molar-refractivity contribution is 5.97. The summed E-state index contributed by atoms with van der Waals surface area (Å²) in [6, 6.07) is 13.5. The van der Waals surface area contributed by atoms with E-state index in [-0.39, 0.29) is 0 Å². The van der Waals surface area contributed by atoms with Crippen molar-refractivity contribution in [1.29, 1.82) is 0 Å². The maximum Gasteiger partial charge on any atom is 0.0786 e. The van der Waals surface area contributed by atoms with E-state index in [1.54, 1.807) is 0 Å². The van der Waals surface area contributed by atoms with Crippen LogP contribution in [0.4, 0.5) is 0 Å². The van der Waals surface area contributed by atoms with Crippen molar-refractivity contribution < 1.29 is 0 Å². The molecule has 3 rings (SSSR count). The van der Waals surface area contributed by atoms with Crippen molar-refractivity contribution in [3.63, 3.8) is 0 Å². The number of fused-ring (bicyclic) bond motifs is 1. The Morgan fingerprint density at radius 1 is 0.880 bits per heavy atom. The minimum absolute atomic E-state index is 0.597. The van der Waals surface area contributed by atoms with Crippen molar-refractivity contribution in [2.24, 2.45) is 0 Å². The van der Waals surface area contributed by atoms with Crippen LogP contribution in [-0.2, 0) is 0 Å². The molecule has 0 saturated heterocycles. The topological polar surface area (TPSA) is 12.9 Å². The average molecular weight is 332 g/mol. The average Bonchev–Trinajstić information content (AvgIpc) is 2.55. The summed E-state index contributed by atoms with van der Waals surface area (Å²) >= 11 is 0. The number of nitrogens with zero attached hydrogens (tertiary/aromatic N) is 1. The van der Waals surface area contributed by atoms with Crippen molar-refractivity contribution in [3.8, 4) is 11.1 Å². The van der Waals surface area contributed by atoms with Crippen molar-refractivity contribution in [1.82, 2.24) is 4.98 Å². The first-order chi connectivity index (χ1) is 12.0. The van der Waals surface area contributed by atoms with Crippen LogP contribution in [-0.4, -0.2) is 4.98 Å². The lowest BCUT2D eigenvalue weighted by Crippen LogP contribution is -2.01. The molecule has 1 nitrogen and oxygen atoms in total. The summed E-state index contributed by atoms with van der Waals surface area (Å²) in [4.78, 5) is 4.97. The van der Waals surface area contributed by atoms with Crippen molar-refractivity contribution in [2.45, 2.75) is 60.3 Å². The summed E-state index contributed by atoms with van der Waals surface area (Å²) in [6.07, 6.45) is 2.34. The van der Waals surface area contributed by atoms with Crippen LogP contribution in [0.2, 0.25) is 0 Å². The minimum Gasteiger partial charge on any atom is -0.252 e. The highest BCUT2D eigenvalue weighted by Crippen LogP contribution is 2.37. The van der Waals surface area contributed by atoms with Crippen molar-refractivity contribution in [2.75, 3.05) is 0 Å². The predicted octanol–water partition coefficient (Wildman–Crippen LogP) is 7.04. The van der Waals surface area contributed by atoms with E-state index in [1.165, 1.54) is 51.6 Å². The van der Waals surface area contributed by atoms with Crippen LogP contribution in [0.5, 0.6) is 0 Å². The summed E-state index contributed by atoms with van der Waals surface area (Å²) in [5.74, 6) is 0.597. The molecular formula is C24H29N. The molecule has 0 aliphatic rings. The zero-order valence-corrected chi connectivity index (χ0v) is 16.4. The Balaban J connectivity index is 2.36. The molecule has 0 atom stereocenters. The third kappa shape index (κ3) is 3.20. The molecule has 0 radical (unpaired) electrons. The molecule has 25 heavy (non-hydrogen) atoms. The van der Waals surface area contributed by atoms with Gasteiger partial charge in [0.15, 0.2) is 0 Å². The monoisotopic (exact) mass is 331 g/mol. The van der Waals surface area contributed by atoms with Gasteiger partial charge in [0, 0.05) is 16.6 Å². The Morgan fingerprint density at radius 3 is 2.12 bits per heavy atom. The molecular weight excluding hydrogens is 302 g/mol. The Hall–Kier alpha value is -2.15. The van der Waals surface area contributed by atoms with E-state index in [4.69, 9.17) is 4.98 Å². The van der Waals surface area contributed by atoms with E-state index in [1.807, 2.05) is 0 Å². The molecule has 1 heterocycles. The Kier molecular flexibility index (Phi) is 4.94. The first-order valence-corrected chi connectivity index (χ1v) is 9.44. The molecule has 0 spiro atoms. The number of aromatic nitrogens is 1. The van der Waals surface area contributed by atoms with Crippen LogP contribution in [0.25, 0.3) is 22.0 Å². The molecule has 130 valence electrons. The highest BCUT2D eigenvalue weighted by Gasteiger charge is 2.16. The third-order valence-electron chi connectivity index (χ3n) is 5.37. The van der Waals surface area contributed by atoms with Gasteiger partial charge in [0.05, 0.1) is 5.52 Å². The lowest BCUT2D eigenvalue weighted by molar-refractivity contribution is 0.645. The molecule has 0 amide bonds.